The molecular formula is C19H20N2O3. The van der Waals surface area contributed by atoms with E-state index in [1.807, 2.05) is 44.2 Å². The van der Waals surface area contributed by atoms with E-state index < -0.39 is 0 Å². The zero-order valence-electron chi connectivity index (χ0n) is 13.8. The Labute approximate surface area is 141 Å². The van der Waals surface area contributed by atoms with Crippen LogP contribution < -0.4 is 14.9 Å². The molecule has 0 spiro atoms. The molecule has 1 aliphatic rings. The van der Waals surface area contributed by atoms with E-state index in [0.29, 0.717) is 12.2 Å². The molecule has 2 aromatic carbocycles. The third-order valence-corrected chi connectivity index (χ3v) is 3.73. The van der Waals surface area contributed by atoms with Gasteiger partial charge in [0.1, 0.15) is 17.6 Å². The summed E-state index contributed by atoms with van der Waals surface area (Å²) in [5.41, 5.74) is 5.00. The average Bonchev–Trinajstić information content (AvgIpc) is 2.95. The van der Waals surface area contributed by atoms with E-state index in [0.717, 1.165) is 29.0 Å². The number of benzene rings is 2. The second kappa shape index (κ2) is 7.17. The number of amides is 1. The van der Waals surface area contributed by atoms with Crippen molar-refractivity contribution in [2.24, 2.45) is 5.10 Å². The van der Waals surface area contributed by atoms with Gasteiger partial charge in [-0.15, -0.1) is 0 Å². The maximum Gasteiger partial charge on any atom is 0.271 e. The predicted molar refractivity (Wildman–Crippen MR) is 92.9 cm³/mol. The van der Waals surface area contributed by atoms with Crippen molar-refractivity contribution < 1.29 is 14.3 Å². The van der Waals surface area contributed by atoms with Crippen LogP contribution >= 0.6 is 0 Å². The van der Waals surface area contributed by atoms with Crippen molar-refractivity contribution in [3.63, 3.8) is 0 Å². The van der Waals surface area contributed by atoms with Crippen LogP contribution in [0.15, 0.2) is 47.6 Å². The Hall–Kier alpha value is -2.82. The quantitative estimate of drug-likeness (QED) is 0.679. The third kappa shape index (κ3) is 3.56. The van der Waals surface area contributed by atoms with Gasteiger partial charge in [0.2, 0.25) is 0 Å². The van der Waals surface area contributed by atoms with Crippen LogP contribution in [-0.4, -0.2) is 24.8 Å². The van der Waals surface area contributed by atoms with Gasteiger partial charge < -0.3 is 9.47 Å². The fourth-order valence-corrected chi connectivity index (χ4v) is 2.65. The molecule has 2 aromatic rings. The first-order valence-corrected chi connectivity index (χ1v) is 8.02. The van der Waals surface area contributed by atoms with E-state index in [4.69, 9.17) is 9.47 Å². The van der Waals surface area contributed by atoms with Crippen molar-refractivity contribution in [2.75, 3.05) is 6.61 Å². The lowest BCUT2D eigenvalue weighted by Gasteiger charge is -2.09. The second-order valence-corrected chi connectivity index (χ2v) is 5.63. The Balaban J connectivity index is 1.76. The molecule has 0 saturated heterocycles. The minimum absolute atomic E-state index is 0.166. The summed E-state index contributed by atoms with van der Waals surface area (Å²) in [6, 6.07) is 12.8. The number of hydrogen-bond acceptors (Lipinski definition) is 4. The standard InChI is InChI=1S/C19H20N2O3/c1-3-23-17-10-15-9-13(2)24-18(15)11-16(17)12-20-21-19(22)14-7-5-4-6-8-14/h4-8,10-13H,3,9H2,1-2H3,(H,21,22)/b20-12-/t13-/m1/s1. The van der Waals surface area contributed by atoms with Crippen molar-refractivity contribution in [1.29, 1.82) is 0 Å². The molecule has 0 bridgehead atoms. The van der Waals surface area contributed by atoms with Gasteiger partial charge in [0.15, 0.2) is 0 Å². The molecule has 0 radical (unpaired) electrons. The lowest BCUT2D eigenvalue weighted by molar-refractivity contribution is 0.0955. The average molecular weight is 324 g/mol. The number of fused-ring (bicyclic) bond motifs is 1. The molecule has 1 atom stereocenters. The highest BCUT2D eigenvalue weighted by molar-refractivity contribution is 5.95. The summed E-state index contributed by atoms with van der Waals surface area (Å²) < 4.78 is 11.5. The van der Waals surface area contributed by atoms with Crippen LogP contribution in [0.3, 0.4) is 0 Å². The van der Waals surface area contributed by atoms with Crippen LogP contribution in [0.25, 0.3) is 0 Å². The topological polar surface area (TPSA) is 59.9 Å². The fourth-order valence-electron chi connectivity index (χ4n) is 2.65. The highest BCUT2D eigenvalue weighted by Crippen LogP contribution is 2.34. The molecule has 0 fully saturated rings. The lowest BCUT2D eigenvalue weighted by atomic mass is 10.1. The van der Waals surface area contributed by atoms with Gasteiger partial charge in [-0.05, 0) is 38.1 Å². The smallest absolute Gasteiger partial charge is 0.271 e. The molecule has 1 aliphatic heterocycles. The van der Waals surface area contributed by atoms with Gasteiger partial charge in [-0.3, -0.25) is 4.79 Å². The Morgan fingerprint density at radius 3 is 2.92 bits per heavy atom. The number of carbonyl (C=O) groups is 1. The van der Waals surface area contributed by atoms with Crippen LogP contribution in [-0.2, 0) is 6.42 Å². The summed E-state index contributed by atoms with van der Waals surface area (Å²) in [5.74, 6) is 1.34. The summed E-state index contributed by atoms with van der Waals surface area (Å²) >= 11 is 0. The monoisotopic (exact) mass is 324 g/mol. The molecule has 5 nitrogen and oxygen atoms in total. The van der Waals surface area contributed by atoms with Gasteiger partial charge in [0.25, 0.3) is 5.91 Å². The van der Waals surface area contributed by atoms with Crippen LogP contribution in [0.1, 0.15) is 35.3 Å². The van der Waals surface area contributed by atoms with Crippen molar-refractivity contribution in [3.05, 3.63) is 59.2 Å². The number of carbonyl (C=O) groups excluding carboxylic acids is 1. The molecule has 124 valence electrons. The summed E-state index contributed by atoms with van der Waals surface area (Å²) in [6.45, 7) is 4.53. The Bertz CT molecular complexity index is 757. The first-order valence-electron chi connectivity index (χ1n) is 8.02. The molecule has 1 N–H and O–H groups in total. The summed E-state index contributed by atoms with van der Waals surface area (Å²) in [5, 5.41) is 4.05. The number of hydrogen-bond donors (Lipinski definition) is 1. The van der Waals surface area contributed by atoms with Crippen molar-refractivity contribution in [3.8, 4) is 11.5 Å². The second-order valence-electron chi connectivity index (χ2n) is 5.63. The molecule has 1 amide bonds. The van der Waals surface area contributed by atoms with Gasteiger partial charge in [0.05, 0.1) is 12.8 Å². The molecule has 5 heteroatoms. The number of hydrazone groups is 1. The van der Waals surface area contributed by atoms with Crippen LogP contribution in [0, 0.1) is 0 Å². The van der Waals surface area contributed by atoms with E-state index in [9.17, 15) is 4.79 Å². The Kier molecular flexibility index (Phi) is 4.79. The van der Waals surface area contributed by atoms with Gasteiger partial charge in [-0.2, -0.15) is 5.10 Å². The number of nitrogens with one attached hydrogen (secondary N) is 1. The third-order valence-electron chi connectivity index (χ3n) is 3.73. The number of rotatable bonds is 5. The van der Waals surface area contributed by atoms with Crippen molar-refractivity contribution >= 4 is 12.1 Å². The summed E-state index contributed by atoms with van der Waals surface area (Å²) in [7, 11) is 0. The Morgan fingerprint density at radius 2 is 2.17 bits per heavy atom. The summed E-state index contributed by atoms with van der Waals surface area (Å²) in [4.78, 5) is 12.0. The molecule has 1 heterocycles. The minimum Gasteiger partial charge on any atom is -0.493 e. The molecular weight excluding hydrogens is 304 g/mol. The SMILES string of the molecule is CCOc1cc2c(cc1/C=N\NC(=O)c1ccccc1)O[C@H](C)C2. The Morgan fingerprint density at radius 1 is 1.38 bits per heavy atom. The largest absolute Gasteiger partial charge is 0.493 e. The van der Waals surface area contributed by atoms with Crippen molar-refractivity contribution in [1.82, 2.24) is 5.43 Å². The molecule has 24 heavy (non-hydrogen) atoms. The predicted octanol–water partition coefficient (Wildman–Crippen LogP) is 3.17. The first-order chi connectivity index (χ1) is 11.7. The van der Waals surface area contributed by atoms with Crippen LogP contribution in [0.2, 0.25) is 0 Å². The maximum absolute atomic E-state index is 12.0. The fraction of sp³-hybridized carbons (Fsp3) is 0.263. The van der Waals surface area contributed by atoms with E-state index >= 15 is 0 Å². The normalized spacial score (nSPS) is 15.8. The van der Waals surface area contributed by atoms with Gasteiger partial charge in [-0.1, -0.05) is 18.2 Å². The number of ether oxygens (including phenoxy) is 2. The van der Waals surface area contributed by atoms with E-state index in [2.05, 4.69) is 10.5 Å². The first kappa shape index (κ1) is 16.1. The van der Waals surface area contributed by atoms with Crippen molar-refractivity contribution in [2.45, 2.75) is 26.4 Å². The van der Waals surface area contributed by atoms with E-state index in [1.54, 1.807) is 18.3 Å². The zero-order chi connectivity index (χ0) is 16.9. The molecule has 0 aliphatic carbocycles. The lowest BCUT2D eigenvalue weighted by Crippen LogP contribution is -2.17. The van der Waals surface area contributed by atoms with Gasteiger partial charge in [0, 0.05) is 23.1 Å². The van der Waals surface area contributed by atoms with Crippen LogP contribution in [0.5, 0.6) is 11.5 Å². The van der Waals surface area contributed by atoms with Crippen LogP contribution in [0.4, 0.5) is 0 Å². The van der Waals surface area contributed by atoms with Gasteiger partial charge >= 0.3 is 0 Å². The van der Waals surface area contributed by atoms with Gasteiger partial charge in [-0.25, -0.2) is 5.43 Å². The number of nitrogens with zero attached hydrogens (tertiary/aromatic N) is 1. The molecule has 3 rings (SSSR count). The van der Waals surface area contributed by atoms with E-state index in [-0.39, 0.29) is 12.0 Å². The minimum atomic E-state index is -0.254. The maximum atomic E-state index is 12.0. The molecule has 0 unspecified atom stereocenters. The molecule has 0 aromatic heterocycles. The summed E-state index contributed by atoms with van der Waals surface area (Å²) in [6.07, 6.45) is 2.62. The molecule has 0 saturated carbocycles. The van der Waals surface area contributed by atoms with E-state index in [1.165, 1.54) is 0 Å². The highest BCUT2D eigenvalue weighted by Gasteiger charge is 2.21. The zero-order valence-corrected chi connectivity index (χ0v) is 13.8. The highest BCUT2D eigenvalue weighted by atomic mass is 16.5.